The van der Waals surface area contributed by atoms with E-state index in [0.717, 1.165) is 13.0 Å². The van der Waals surface area contributed by atoms with Gasteiger partial charge in [0.25, 0.3) is 5.56 Å². The van der Waals surface area contributed by atoms with Crippen LogP contribution in [0.25, 0.3) is 0 Å². The normalized spacial score (nSPS) is 10.8. The second kappa shape index (κ2) is 9.62. The number of hydrogen-bond donors (Lipinski definition) is 1. The van der Waals surface area contributed by atoms with Gasteiger partial charge >= 0.3 is 0 Å². The fourth-order valence-corrected chi connectivity index (χ4v) is 1.97. The third-order valence-corrected chi connectivity index (χ3v) is 3.13. The highest BCUT2D eigenvalue weighted by molar-refractivity contribution is 5.33. The molecule has 19 heavy (non-hydrogen) atoms. The average molecular weight is 266 g/mol. The van der Waals surface area contributed by atoms with Gasteiger partial charge in [-0.1, -0.05) is 39.0 Å². The topological polar surface area (TPSA) is 57.2 Å². The Bertz CT molecular complexity index is 401. The van der Waals surface area contributed by atoms with Crippen LogP contribution in [0.3, 0.4) is 0 Å². The summed E-state index contributed by atoms with van der Waals surface area (Å²) in [5, 5.41) is 0. The van der Waals surface area contributed by atoms with Crippen LogP contribution in [0.1, 0.15) is 45.4 Å². The van der Waals surface area contributed by atoms with Gasteiger partial charge in [-0.2, -0.15) is 0 Å². The smallest absolute Gasteiger partial charge is 0.250 e. The van der Waals surface area contributed by atoms with Gasteiger partial charge in [-0.3, -0.25) is 4.79 Å². The molecule has 0 amide bonds. The number of aromatic nitrogens is 1. The molecule has 0 bridgehead atoms. The molecule has 0 aliphatic rings. The van der Waals surface area contributed by atoms with Crippen LogP contribution in [0.5, 0.6) is 0 Å². The first-order valence-electron chi connectivity index (χ1n) is 7.27. The quantitative estimate of drug-likeness (QED) is 0.662. The predicted octanol–water partition coefficient (Wildman–Crippen LogP) is 2.81. The lowest BCUT2D eigenvalue weighted by molar-refractivity contribution is 0.121. The number of ether oxygens (including phenoxy) is 1. The first-order valence-corrected chi connectivity index (χ1v) is 7.27. The summed E-state index contributed by atoms with van der Waals surface area (Å²) in [6, 6.07) is 3.11. The van der Waals surface area contributed by atoms with E-state index in [4.69, 9.17) is 10.5 Å². The van der Waals surface area contributed by atoms with Crippen molar-refractivity contribution >= 4 is 5.69 Å². The minimum absolute atomic E-state index is 0.0302. The highest BCUT2D eigenvalue weighted by Gasteiger charge is 1.97. The molecule has 1 aromatic heterocycles. The van der Waals surface area contributed by atoms with Gasteiger partial charge < -0.3 is 15.0 Å². The molecule has 0 fully saturated rings. The molecular weight excluding hydrogens is 240 g/mol. The standard InChI is InChI=1S/C15H26N2O2/c1-2-3-4-5-6-7-11-19-12-10-17-13-14(16)8-9-15(17)18/h8-9,13H,2-7,10-12,16H2,1H3. The van der Waals surface area contributed by atoms with Crippen molar-refractivity contribution in [1.82, 2.24) is 4.57 Å². The number of hydrogen-bond acceptors (Lipinski definition) is 3. The van der Waals surface area contributed by atoms with E-state index in [-0.39, 0.29) is 5.56 Å². The summed E-state index contributed by atoms with van der Waals surface area (Å²) in [6.07, 6.45) is 9.25. The van der Waals surface area contributed by atoms with Crippen LogP contribution in [0.4, 0.5) is 5.69 Å². The Hall–Kier alpha value is -1.29. The van der Waals surface area contributed by atoms with E-state index in [1.165, 1.54) is 38.2 Å². The molecule has 4 heteroatoms. The van der Waals surface area contributed by atoms with Gasteiger partial charge in [-0.25, -0.2) is 0 Å². The lowest BCUT2D eigenvalue weighted by atomic mass is 10.1. The van der Waals surface area contributed by atoms with Crippen LogP contribution in [-0.2, 0) is 11.3 Å². The maximum absolute atomic E-state index is 11.5. The number of rotatable bonds is 10. The van der Waals surface area contributed by atoms with Crippen LogP contribution in [0, 0.1) is 0 Å². The monoisotopic (exact) mass is 266 g/mol. The summed E-state index contributed by atoms with van der Waals surface area (Å²) in [5.41, 5.74) is 6.21. The lowest BCUT2D eigenvalue weighted by Gasteiger charge is -2.07. The first kappa shape index (κ1) is 15.8. The molecule has 0 aromatic carbocycles. The van der Waals surface area contributed by atoms with Crippen molar-refractivity contribution < 1.29 is 4.74 Å². The summed E-state index contributed by atoms with van der Waals surface area (Å²) in [5.74, 6) is 0. The van der Waals surface area contributed by atoms with Gasteiger partial charge in [0.05, 0.1) is 6.61 Å². The lowest BCUT2D eigenvalue weighted by Crippen LogP contribution is -2.21. The van der Waals surface area contributed by atoms with Crippen molar-refractivity contribution in [2.75, 3.05) is 18.9 Å². The summed E-state index contributed by atoms with van der Waals surface area (Å²) in [7, 11) is 0. The summed E-state index contributed by atoms with van der Waals surface area (Å²) in [6.45, 7) is 4.14. The van der Waals surface area contributed by atoms with Crippen LogP contribution < -0.4 is 11.3 Å². The largest absolute Gasteiger partial charge is 0.398 e. The van der Waals surface area contributed by atoms with Crippen LogP contribution in [0.2, 0.25) is 0 Å². The Labute approximate surface area is 115 Å². The number of nitrogen functional groups attached to an aromatic ring is 1. The van der Waals surface area contributed by atoms with E-state index in [0.29, 0.717) is 18.8 Å². The van der Waals surface area contributed by atoms with Gasteiger partial charge in [0.2, 0.25) is 0 Å². The molecule has 2 N–H and O–H groups in total. The van der Waals surface area contributed by atoms with E-state index >= 15 is 0 Å². The Morgan fingerprint density at radius 2 is 1.84 bits per heavy atom. The molecular formula is C15H26N2O2. The Morgan fingerprint density at radius 3 is 2.63 bits per heavy atom. The fourth-order valence-electron chi connectivity index (χ4n) is 1.97. The van der Waals surface area contributed by atoms with E-state index in [2.05, 4.69) is 6.92 Å². The number of nitrogens with two attached hydrogens (primary N) is 1. The maximum Gasteiger partial charge on any atom is 0.250 e. The third-order valence-electron chi connectivity index (χ3n) is 3.13. The molecule has 0 atom stereocenters. The molecule has 0 saturated heterocycles. The number of nitrogens with zero attached hydrogens (tertiary/aromatic N) is 1. The second-order valence-electron chi connectivity index (χ2n) is 4.87. The fraction of sp³-hybridized carbons (Fsp3) is 0.667. The molecule has 1 rings (SSSR count). The molecule has 4 nitrogen and oxygen atoms in total. The SMILES string of the molecule is CCCCCCCCOCCn1cc(N)ccc1=O. The van der Waals surface area contributed by atoms with Crippen molar-refractivity contribution in [3.05, 3.63) is 28.7 Å². The van der Waals surface area contributed by atoms with E-state index < -0.39 is 0 Å². The molecule has 1 heterocycles. The summed E-state index contributed by atoms with van der Waals surface area (Å²) < 4.78 is 7.13. The Balaban J connectivity index is 2.04. The Morgan fingerprint density at radius 1 is 1.11 bits per heavy atom. The number of pyridine rings is 1. The predicted molar refractivity (Wildman–Crippen MR) is 79.3 cm³/mol. The Kier molecular flexibility index (Phi) is 7.98. The second-order valence-corrected chi connectivity index (χ2v) is 4.87. The number of unbranched alkanes of at least 4 members (excludes halogenated alkanes) is 5. The maximum atomic E-state index is 11.5. The van der Waals surface area contributed by atoms with Crippen molar-refractivity contribution in [2.24, 2.45) is 0 Å². The van der Waals surface area contributed by atoms with Crippen molar-refractivity contribution in [1.29, 1.82) is 0 Å². The van der Waals surface area contributed by atoms with Crippen LogP contribution >= 0.6 is 0 Å². The molecule has 0 spiro atoms. The van der Waals surface area contributed by atoms with E-state index in [1.807, 2.05) is 0 Å². The molecule has 0 aliphatic heterocycles. The van der Waals surface area contributed by atoms with Gasteiger partial charge in [-0.05, 0) is 12.5 Å². The minimum atomic E-state index is -0.0302. The summed E-state index contributed by atoms with van der Waals surface area (Å²) >= 11 is 0. The minimum Gasteiger partial charge on any atom is -0.398 e. The van der Waals surface area contributed by atoms with Crippen LogP contribution in [-0.4, -0.2) is 17.8 Å². The highest BCUT2D eigenvalue weighted by atomic mass is 16.5. The van der Waals surface area contributed by atoms with Crippen molar-refractivity contribution in [3.63, 3.8) is 0 Å². The molecule has 1 aromatic rings. The summed E-state index contributed by atoms with van der Waals surface area (Å²) in [4.78, 5) is 11.5. The van der Waals surface area contributed by atoms with Crippen molar-refractivity contribution in [3.8, 4) is 0 Å². The van der Waals surface area contributed by atoms with Crippen molar-refractivity contribution in [2.45, 2.75) is 52.0 Å². The number of anilines is 1. The first-order chi connectivity index (χ1) is 9.24. The van der Waals surface area contributed by atoms with Gasteiger partial charge in [-0.15, -0.1) is 0 Å². The van der Waals surface area contributed by atoms with E-state index in [1.54, 1.807) is 16.8 Å². The van der Waals surface area contributed by atoms with E-state index in [9.17, 15) is 4.79 Å². The molecule has 0 radical (unpaired) electrons. The zero-order valence-corrected chi connectivity index (χ0v) is 11.9. The van der Waals surface area contributed by atoms with Gasteiger partial charge in [0, 0.05) is 31.1 Å². The third kappa shape index (κ3) is 7.01. The molecule has 0 saturated carbocycles. The van der Waals surface area contributed by atoms with Gasteiger partial charge in [0.1, 0.15) is 0 Å². The van der Waals surface area contributed by atoms with Crippen LogP contribution in [0.15, 0.2) is 23.1 Å². The average Bonchev–Trinajstić information content (AvgIpc) is 2.40. The highest BCUT2D eigenvalue weighted by Crippen LogP contribution is 2.04. The zero-order valence-electron chi connectivity index (χ0n) is 11.9. The molecule has 108 valence electrons. The molecule has 0 aliphatic carbocycles. The zero-order chi connectivity index (χ0) is 13.9. The molecule has 0 unspecified atom stereocenters. The van der Waals surface area contributed by atoms with Gasteiger partial charge in [0.15, 0.2) is 0 Å².